The first-order valence-corrected chi connectivity index (χ1v) is 4.10. The van der Waals surface area contributed by atoms with Gasteiger partial charge < -0.3 is 0 Å². The fourth-order valence-corrected chi connectivity index (χ4v) is 0.926. The Hall–Kier alpha value is -0.500. The third kappa shape index (κ3) is 2.22. The van der Waals surface area contributed by atoms with E-state index in [1.807, 2.05) is 12.2 Å². The maximum atomic E-state index is 5.73. The van der Waals surface area contributed by atoms with Gasteiger partial charge in [0, 0.05) is 5.41 Å². The van der Waals surface area contributed by atoms with Crippen molar-refractivity contribution in [1.29, 1.82) is 0 Å². The molecule has 1 atom stereocenters. The zero-order valence-corrected chi connectivity index (χ0v) is 7.81. The van der Waals surface area contributed by atoms with Crippen molar-refractivity contribution < 1.29 is 0 Å². The summed E-state index contributed by atoms with van der Waals surface area (Å²) in [7, 11) is 0. The molecule has 62 valence electrons. The van der Waals surface area contributed by atoms with Crippen molar-refractivity contribution in [2.75, 3.05) is 0 Å². The molecule has 0 aromatic carbocycles. The van der Waals surface area contributed by atoms with Crippen LogP contribution < -0.4 is 5.43 Å². The van der Waals surface area contributed by atoms with Gasteiger partial charge in [0.25, 0.3) is 0 Å². The largest absolute Gasteiger partial charge is 0.288 e. The number of hydrogen-bond acceptors (Lipinski definition) is 2. The Labute approximate surface area is 72.3 Å². The third-order valence-corrected chi connectivity index (χ3v) is 1.74. The summed E-state index contributed by atoms with van der Waals surface area (Å²) < 4.78 is 0. The molecule has 0 saturated heterocycles. The van der Waals surface area contributed by atoms with Crippen molar-refractivity contribution in [3.05, 3.63) is 12.2 Å². The number of alkyl halides is 1. The van der Waals surface area contributed by atoms with Gasteiger partial charge in [-0.25, -0.2) is 0 Å². The molecule has 1 rings (SSSR count). The molecule has 0 spiro atoms. The summed E-state index contributed by atoms with van der Waals surface area (Å²) in [4.78, 5) is 0. The van der Waals surface area contributed by atoms with E-state index in [9.17, 15) is 0 Å². The average molecular weight is 173 g/mol. The average Bonchev–Trinajstić information content (AvgIpc) is 1.86. The smallest absolute Gasteiger partial charge is 0.136 e. The number of allylic oxidation sites excluding steroid dienone is 1. The summed E-state index contributed by atoms with van der Waals surface area (Å²) in [5, 5.41) is 4.13. The molecule has 11 heavy (non-hydrogen) atoms. The lowest BCUT2D eigenvalue weighted by Gasteiger charge is -2.22. The standard InChI is InChI=1S/C8H13ClN2/c1-8(2,3)6-4-5-7(9)11-10-6/h4-5,7,11H,1-3H3/t7-/m0/s1. The van der Waals surface area contributed by atoms with Gasteiger partial charge in [-0.05, 0) is 12.2 Å². The maximum absolute atomic E-state index is 5.73. The second-order valence-electron chi connectivity index (χ2n) is 3.64. The van der Waals surface area contributed by atoms with Gasteiger partial charge in [-0.3, -0.25) is 5.43 Å². The van der Waals surface area contributed by atoms with Crippen molar-refractivity contribution in [2.24, 2.45) is 10.5 Å². The molecule has 1 aliphatic heterocycles. The van der Waals surface area contributed by atoms with E-state index in [-0.39, 0.29) is 10.9 Å². The van der Waals surface area contributed by atoms with Crippen LogP contribution in [0.3, 0.4) is 0 Å². The summed E-state index contributed by atoms with van der Waals surface area (Å²) in [5.41, 5.74) is 3.79. The molecule has 2 nitrogen and oxygen atoms in total. The Morgan fingerprint density at radius 3 is 2.55 bits per heavy atom. The molecule has 0 unspecified atom stereocenters. The van der Waals surface area contributed by atoms with Crippen LogP contribution in [0.2, 0.25) is 0 Å². The molecule has 0 aromatic heterocycles. The molecule has 0 aliphatic carbocycles. The lowest BCUT2D eigenvalue weighted by molar-refractivity contribution is 0.578. The minimum atomic E-state index is -0.152. The van der Waals surface area contributed by atoms with E-state index < -0.39 is 0 Å². The Balaban J connectivity index is 2.71. The molecule has 0 aromatic rings. The Kier molecular flexibility index (Phi) is 2.23. The highest BCUT2D eigenvalue weighted by atomic mass is 35.5. The van der Waals surface area contributed by atoms with E-state index in [1.165, 1.54) is 0 Å². The molecule has 0 saturated carbocycles. The van der Waals surface area contributed by atoms with Crippen LogP contribution in [0.5, 0.6) is 0 Å². The summed E-state index contributed by atoms with van der Waals surface area (Å²) >= 11 is 5.73. The van der Waals surface area contributed by atoms with Crippen molar-refractivity contribution in [3.63, 3.8) is 0 Å². The molecule has 0 bridgehead atoms. The van der Waals surface area contributed by atoms with Gasteiger partial charge in [-0.1, -0.05) is 32.4 Å². The summed E-state index contributed by atoms with van der Waals surface area (Å²) in [6.07, 6.45) is 3.86. The number of rotatable bonds is 0. The van der Waals surface area contributed by atoms with Gasteiger partial charge in [-0.15, -0.1) is 0 Å². The Morgan fingerprint density at radius 1 is 1.55 bits per heavy atom. The highest BCUT2D eigenvalue weighted by Gasteiger charge is 2.19. The molecule has 1 aliphatic rings. The zero-order chi connectivity index (χ0) is 8.48. The summed E-state index contributed by atoms with van der Waals surface area (Å²) in [5.74, 6) is 0. The normalized spacial score (nSPS) is 24.4. The van der Waals surface area contributed by atoms with E-state index in [0.29, 0.717) is 0 Å². The lowest BCUT2D eigenvalue weighted by atomic mass is 9.89. The van der Waals surface area contributed by atoms with E-state index in [0.717, 1.165) is 5.71 Å². The number of nitrogens with one attached hydrogen (secondary N) is 1. The number of halogens is 1. The minimum absolute atomic E-state index is 0.0977. The van der Waals surface area contributed by atoms with Gasteiger partial charge in [0.05, 0.1) is 5.71 Å². The van der Waals surface area contributed by atoms with E-state index in [1.54, 1.807) is 0 Å². The van der Waals surface area contributed by atoms with Gasteiger partial charge in [0.2, 0.25) is 0 Å². The van der Waals surface area contributed by atoms with Gasteiger partial charge in [-0.2, -0.15) is 5.10 Å². The Bertz CT molecular complexity index is 201. The molecule has 3 heteroatoms. The van der Waals surface area contributed by atoms with E-state index in [4.69, 9.17) is 11.6 Å². The van der Waals surface area contributed by atoms with Crippen molar-refractivity contribution in [1.82, 2.24) is 5.43 Å². The van der Waals surface area contributed by atoms with E-state index >= 15 is 0 Å². The van der Waals surface area contributed by atoms with Crippen LogP contribution in [0.1, 0.15) is 20.8 Å². The van der Waals surface area contributed by atoms with Crippen molar-refractivity contribution in [2.45, 2.75) is 26.3 Å². The Morgan fingerprint density at radius 2 is 2.18 bits per heavy atom. The topological polar surface area (TPSA) is 24.4 Å². The van der Waals surface area contributed by atoms with Crippen LogP contribution in [0.15, 0.2) is 17.3 Å². The first kappa shape index (κ1) is 8.60. The third-order valence-electron chi connectivity index (χ3n) is 1.50. The summed E-state index contributed by atoms with van der Waals surface area (Å²) in [6.45, 7) is 6.35. The molecular formula is C8H13ClN2. The second-order valence-corrected chi connectivity index (χ2v) is 4.11. The van der Waals surface area contributed by atoms with Crippen LogP contribution in [0.4, 0.5) is 0 Å². The van der Waals surface area contributed by atoms with Gasteiger partial charge >= 0.3 is 0 Å². The van der Waals surface area contributed by atoms with Crippen LogP contribution in [0, 0.1) is 5.41 Å². The monoisotopic (exact) mass is 172 g/mol. The molecule has 0 radical (unpaired) electrons. The van der Waals surface area contributed by atoms with Crippen molar-refractivity contribution >= 4 is 17.3 Å². The highest BCUT2D eigenvalue weighted by Crippen LogP contribution is 2.18. The quantitative estimate of drug-likeness (QED) is 0.439. The lowest BCUT2D eigenvalue weighted by Crippen LogP contribution is -2.28. The minimum Gasteiger partial charge on any atom is -0.288 e. The molecule has 0 amide bonds. The maximum Gasteiger partial charge on any atom is 0.136 e. The number of nitrogens with zero attached hydrogens (tertiary/aromatic N) is 1. The number of hydrazone groups is 1. The SMILES string of the molecule is CC(C)(C)C1=NN[C@H](Cl)C=C1. The first-order valence-electron chi connectivity index (χ1n) is 3.66. The first-order chi connectivity index (χ1) is 5.00. The number of hydrogen-bond donors (Lipinski definition) is 1. The zero-order valence-electron chi connectivity index (χ0n) is 7.06. The van der Waals surface area contributed by atoms with Crippen molar-refractivity contribution in [3.8, 4) is 0 Å². The highest BCUT2D eigenvalue weighted by molar-refractivity contribution is 6.22. The fraction of sp³-hybridized carbons (Fsp3) is 0.625. The summed E-state index contributed by atoms with van der Waals surface area (Å²) in [6, 6.07) is 0. The van der Waals surface area contributed by atoms with Crippen LogP contribution in [-0.4, -0.2) is 11.2 Å². The van der Waals surface area contributed by atoms with Crippen LogP contribution in [-0.2, 0) is 0 Å². The fourth-order valence-electron chi connectivity index (χ4n) is 0.805. The predicted molar refractivity (Wildman–Crippen MR) is 48.8 cm³/mol. The van der Waals surface area contributed by atoms with E-state index in [2.05, 4.69) is 31.3 Å². The van der Waals surface area contributed by atoms with Crippen LogP contribution in [0.25, 0.3) is 0 Å². The predicted octanol–water partition coefficient (Wildman–Crippen LogP) is 2.11. The van der Waals surface area contributed by atoms with Gasteiger partial charge in [0.1, 0.15) is 5.50 Å². The molecule has 1 heterocycles. The molecule has 1 N–H and O–H groups in total. The van der Waals surface area contributed by atoms with Crippen LogP contribution >= 0.6 is 11.6 Å². The van der Waals surface area contributed by atoms with Gasteiger partial charge in [0.15, 0.2) is 0 Å². The second kappa shape index (κ2) is 2.86. The molecular weight excluding hydrogens is 160 g/mol. The molecule has 0 fully saturated rings.